The quantitative estimate of drug-likeness (QED) is 0.671. The first-order valence-electron chi connectivity index (χ1n) is 8.96. The molecule has 0 spiro atoms. The summed E-state index contributed by atoms with van der Waals surface area (Å²) in [5.41, 5.74) is 0.576. The highest BCUT2D eigenvalue weighted by Crippen LogP contribution is 2.23. The summed E-state index contributed by atoms with van der Waals surface area (Å²) >= 11 is 0. The molecule has 26 heavy (non-hydrogen) atoms. The van der Waals surface area contributed by atoms with E-state index in [2.05, 4.69) is 4.90 Å². The van der Waals surface area contributed by atoms with Crippen molar-refractivity contribution in [3.05, 3.63) is 59.9 Å². The van der Waals surface area contributed by atoms with Gasteiger partial charge in [-0.3, -0.25) is 9.69 Å². The summed E-state index contributed by atoms with van der Waals surface area (Å²) < 4.78 is 24.2. The minimum atomic E-state index is -0.319. The topological polar surface area (TPSA) is 38.8 Å². The third-order valence-electron chi connectivity index (χ3n) is 4.62. The minimum absolute atomic E-state index is 0.0633. The van der Waals surface area contributed by atoms with Gasteiger partial charge in [-0.1, -0.05) is 6.07 Å². The number of carbonyl (C=O) groups is 1. The number of carbonyl (C=O) groups excluding carboxylic acids is 1. The maximum atomic E-state index is 12.9. The van der Waals surface area contributed by atoms with E-state index in [9.17, 15) is 9.18 Å². The van der Waals surface area contributed by atoms with E-state index < -0.39 is 0 Å². The zero-order valence-corrected chi connectivity index (χ0v) is 15.0. The highest BCUT2D eigenvalue weighted by atomic mass is 19.1. The van der Waals surface area contributed by atoms with Gasteiger partial charge >= 0.3 is 0 Å². The Balaban J connectivity index is 1.40. The van der Waals surface area contributed by atoms with Gasteiger partial charge < -0.3 is 9.47 Å². The Morgan fingerprint density at radius 3 is 2.73 bits per heavy atom. The Kier molecular flexibility index (Phi) is 6.23. The van der Waals surface area contributed by atoms with Gasteiger partial charge in [0, 0.05) is 31.1 Å². The van der Waals surface area contributed by atoms with Crippen LogP contribution in [0.15, 0.2) is 48.5 Å². The maximum absolute atomic E-state index is 12.9. The number of hydrogen-bond donors (Lipinski definition) is 0. The SMILES string of the molecule is COc1cccc(OC2CCN(CCCC(=O)c3ccc(F)cc3)C2)c1. The van der Waals surface area contributed by atoms with Crippen LogP contribution in [0, 0.1) is 5.82 Å². The van der Waals surface area contributed by atoms with E-state index >= 15 is 0 Å². The van der Waals surface area contributed by atoms with E-state index in [0.717, 1.165) is 44.0 Å². The largest absolute Gasteiger partial charge is 0.497 e. The molecule has 2 aromatic rings. The standard InChI is InChI=1S/C21H24FNO3/c1-25-18-4-2-5-19(14-18)26-20-11-13-23(15-20)12-3-6-21(24)16-7-9-17(22)10-8-16/h2,4-5,7-10,14,20H,3,6,11-13,15H2,1H3. The molecule has 0 saturated carbocycles. The van der Waals surface area contributed by atoms with Crippen molar-refractivity contribution < 1.29 is 18.7 Å². The van der Waals surface area contributed by atoms with Crippen LogP contribution >= 0.6 is 0 Å². The Morgan fingerprint density at radius 2 is 1.96 bits per heavy atom. The second-order valence-corrected chi connectivity index (χ2v) is 6.54. The summed E-state index contributed by atoms with van der Waals surface area (Å²) in [7, 11) is 1.64. The van der Waals surface area contributed by atoms with Crippen molar-refractivity contribution in [3.63, 3.8) is 0 Å². The molecular weight excluding hydrogens is 333 g/mol. The van der Waals surface area contributed by atoms with Crippen LogP contribution in [0.4, 0.5) is 4.39 Å². The molecule has 1 heterocycles. The lowest BCUT2D eigenvalue weighted by Gasteiger charge is -2.17. The van der Waals surface area contributed by atoms with Gasteiger partial charge in [0.15, 0.2) is 5.78 Å². The van der Waals surface area contributed by atoms with Crippen LogP contribution in [0.25, 0.3) is 0 Å². The first-order valence-corrected chi connectivity index (χ1v) is 8.96. The van der Waals surface area contributed by atoms with E-state index in [-0.39, 0.29) is 17.7 Å². The van der Waals surface area contributed by atoms with Crippen molar-refractivity contribution in [3.8, 4) is 11.5 Å². The van der Waals surface area contributed by atoms with Gasteiger partial charge in [0.2, 0.25) is 0 Å². The highest BCUT2D eigenvalue weighted by molar-refractivity contribution is 5.95. The van der Waals surface area contributed by atoms with Crippen LogP contribution in [0.2, 0.25) is 0 Å². The fourth-order valence-electron chi connectivity index (χ4n) is 3.21. The zero-order valence-electron chi connectivity index (χ0n) is 15.0. The molecule has 0 amide bonds. The van der Waals surface area contributed by atoms with Gasteiger partial charge in [0.05, 0.1) is 7.11 Å². The van der Waals surface area contributed by atoms with Crippen molar-refractivity contribution >= 4 is 5.78 Å². The molecule has 138 valence electrons. The van der Waals surface area contributed by atoms with Gasteiger partial charge in [-0.05, 0) is 55.8 Å². The first kappa shape index (κ1) is 18.4. The van der Waals surface area contributed by atoms with Crippen molar-refractivity contribution in [2.24, 2.45) is 0 Å². The number of nitrogens with zero attached hydrogens (tertiary/aromatic N) is 1. The van der Waals surface area contributed by atoms with Gasteiger partial charge in [0.1, 0.15) is 23.4 Å². The molecule has 1 saturated heterocycles. The van der Waals surface area contributed by atoms with E-state index in [4.69, 9.17) is 9.47 Å². The summed E-state index contributed by atoms with van der Waals surface area (Å²) in [5, 5.41) is 0. The molecule has 0 aliphatic carbocycles. The number of halogens is 1. The molecule has 1 unspecified atom stereocenters. The molecule has 0 N–H and O–H groups in total. The predicted molar refractivity (Wildman–Crippen MR) is 98.4 cm³/mol. The molecule has 1 aliphatic heterocycles. The van der Waals surface area contributed by atoms with Crippen LogP contribution in [-0.4, -0.2) is 43.5 Å². The normalized spacial score (nSPS) is 17.2. The second-order valence-electron chi connectivity index (χ2n) is 6.54. The lowest BCUT2D eigenvalue weighted by Crippen LogP contribution is -2.26. The first-order chi connectivity index (χ1) is 12.6. The molecule has 0 bridgehead atoms. The van der Waals surface area contributed by atoms with Crippen LogP contribution in [0.5, 0.6) is 11.5 Å². The minimum Gasteiger partial charge on any atom is -0.497 e. The summed E-state index contributed by atoms with van der Waals surface area (Å²) in [5.74, 6) is 1.36. The van der Waals surface area contributed by atoms with Gasteiger partial charge in [-0.15, -0.1) is 0 Å². The van der Waals surface area contributed by atoms with Gasteiger partial charge in [-0.25, -0.2) is 4.39 Å². The highest BCUT2D eigenvalue weighted by Gasteiger charge is 2.23. The molecule has 1 atom stereocenters. The molecule has 1 fully saturated rings. The fourth-order valence-corrected chi connectivity index (χ4v) is 3.21. The average molecular weight is 357 g/mol. The van der Waals surface area contributed by atoms with Crippen LogP contribution in [0.3, 0.4) is 0 Å². The van der Waals surface area contributed by atoms with Gasteiger partial charge in [-0.2, -0.15) is 0 Å². The summed E-state index contributed by atoms with van der Waals surface area (Å²) in [6.07, 6.45) is 2.41. The maximum Gasteiger partial charge on any atom is 0.162 e. The summed E-state index contributed by atoms with van der Waals surface area (Å²) in [6, 6.07) is 13.4. The van der Waals surface area contributed by atoms with E-state index in [1.54, 1.807) is 19.2 Å². The predicted octanol–water partition coefficient (Wildman–Crippen LogP) is 3.95. The Labute approximate surface area is 153 Å². The number of benzene rings is 2. The van der Waals surface area contributed by atoms with Crippen LogP contribution in [0.1, 0.15) is 29.6 Å². The van der Waals surface area contributed by atoms with Crippen LogP contribution < -0.4 is 9.47 Å². The number of hydrogen-bond acceptors (Lipinski definition) is 4. The van der Waals surface area contributed by atoms with Crippen molar-refractivity contribution in [1.82, 2.24) is 4.90 Å². The molecule has 4 nitrogen and oxygen atoms in total. The second kappa shape index (κ2) is 8.81. The zero-order chi connectivity index (χ0) is 18.4. The van der Waals surface area contributed by atoms with Crippen molar-refractivity contribution in [2.75, 3.05) is 26.7 Å². The number of Topliss-reactive ketones (excluding diaryl/α,β-unsaturated/α-hetero) is 1. The lowest BCUT2D eigenvalue weighted by molar-refractivity contribution is 0.0975. The fraction of sp³-hybridized carbons (Fsp3) is 0.381. The van der Waals surface area contributed by atoms with Gasteiger partial charge in [0.25, 0.3) is 0 Å². The molecule has 1 aliphatic rings. The number of methoxy groups -OCH3 is 1. The van der Waals surface area contributed by atoms with E-state index in [0.29, 0.717) is 12.0 Å². The smallest absolute Gasteiger partial charge is 0.162 e. The number of rotatable bonds is 8. The molecule has 0 radical (unpaired) electrons. The third kappa shape index (κ3) is 5.05. The number of ketones is 1. The molecule has 5 heteroatoms. The van der Waals surface area contributed by atoms with E-state index in [1.165, 1.54) is 12.1 Å². The third-order valence-corrected chi connectivity index (χ3v) is 4.62. The lowest BCUT2D eigenvalue weighted by atomic mass is 10.1. The molecular formula is C21H24FNO3. The Bertz CT molecular complexity index is 732. The molecule has 3 rings (SSSR count). The monoisotopic (exact) mass is 357 g/mol. The average Bonchev–Trinajstić information content (AvgIpc) is 3.09. The number of ether oxygens (including phenoxy) is 2. The summed E-state index contributed by atoms with van der Waals surface area (Å²) in [6.45, 7) is 2.70. The van der Waals surface area contributed by atoms with E-state index in [1.807, 2.05) is 24.3 Å². The Morgan fingerprint density at radius 1 is 1.19 bits per heavy atom. The van der Waals surface area contributed by atoms with Crippen molar-refractivity contribution in [2.45, 2.75) is 25.4 Å². The van der Waals surface area contributed by atoms with Crippen molar-refractivity contribution in [1.29, 1.82) is 0 Å². The Hall–Kier alpha value is -2.40. The summed E-state index contributed by atoms with van der Waals surface area (Å²) in [4.78, 5) is 14.4. The molecule has 2 aromatic carbocycles. The van der Waals surface area contributed by atoms with Crippen LogP contribution in [-0.2, 0) is 0 Å². The molecule has 0 aromatic heterocycles. The number of likely N-dealkylation sites (tertiary alicyclic amines) is 1.